The maximum absolute atomic E-state index is 9.53. The van der Waals surface area contributed by atoms with E-state index in [-0.39, 0.29) is 73.3 Å². The molecule has 7 aromatic carbocycles. The molecule has 6 heteroatoms. The molecule has 0 spiro atoms. The summed E-state index contributed by atoms with van der Waals surface area (Å²) in [5.41, 5.74) is 4.44. The summed E-state index contributed by atoms with van der Waals surface area (Å²) in [4.78, 5) is 4.68. The second-order valence-corrected chi connectivity index (χ2v) is 17.2. The van der Waals surface area contributed by atoms with Crippen LogP contribution >= 0.6 is 0 Å². The molecule has 3 aromatic heterocycles. The van der Waals surface area contributed by atoms with Gasteiger partial charge in [-0.2, -0.15) is 18.2 Å². The molecule has 10 rings (SSSR count). The van der Waals surface area contributed by atoms with E-state index in [0.29, 0.717) is 45.0 Å². The Morgan fingerprint density at radius 1 is 0.683 bits per heavy atom. The number of nitrogens with zero attached hydrogens (tertiary/aromatic N) is 4. The Kier molecular flexibility index (Phi) is 7.68. The minimum absolute atomic E-state index is 0. The van der Waals surface area contributed by atoms with Gasteiger partial charge in [0.2, 0.25) is 0 Å². The Hall–Kier alpha value is -6.55. The van der Waals surface area contributed by atoms with Crippen molar-refractivity contribution in [3.63, 3.8) is 0 Å². The zero-order valence-corrected chi connectivity index (χ0v) is 37.7. The van der Waals surface area contributed by atoms with Crippen molar-refractivity contribution in [3.8, 4) is 50.9 Å². The average Bonchev–Trinajstić information content (AvgIpc) is 3.92. The van der Waals surface area contributed by atoms with E-state index in [2.05, 4.69) is 44.2 Å². The molecule has 0 aliphatic heterocycles. The molecule has 63 heavy (non-hydrogen) atoms. The summed E-state index contributed by atoms with van der Waals surface area (Å²) in [7, 11) is 0. The molecule has 0 unspecified atom stereocenters. The second kappa shape index (κ2) is 16.3. The molecule has 0 radical (unpaired) electrons. The summed E-state index contributed by atoms with van der Waals surface area (Å²) in [5, 5.41) is 1.59. The van der Waals surface area contributed by atoms with E-state index in [1.807, 2.05) is 115 Å². The molecule has 0 N–H and O–H groups in total. The molecule has 0 fully saturated rings. The topological polar surface area (TPSA) is 35.9 Å². The third-order valence-electron chi connectivity index (χ3n) is 10.9. The fourth-order valence-corrected chi connectivity index (χ4v) is 7.92. The van der Waals surface area contributed by atoms with Gasteiger partial charge >= 0.3 is 0 Å². The maximum atomic E-state index is 9.53. The van der Waals surface area contributed by atoms with Gasteiger partial charge < -0.3 is 13.9 Å². The van der Waals surface area contributed by atoms with E-state index < -0.39 is 47.9 Å². The van der Waals surface area contributed by atoms with Crippen LogP contribution in [0.4, 0.5) is 0 Å². The van der Waals surface area contributed by atoms with Crippen LogP contribution in [0, 0.1) is 25.3 Å². The monoisotopic (exact) mass is 1010 g/mol. The van der Waals surface area contributed by atoms with Crippen molar-refractivity contribution in [3.05, 3.63) is 199 Å². The number of ether oxygens (including phenoxy) is 1. The predicted molar refractivity (Wildman–Crippen MR) is 253 cm³/mol. The Balaban J connectivity index is 0.00000689. The largest absolute Gasteiger partial charge is 0.510 e. The molecule has 5 nitrogen and oxygen atoms in total. The first-order chi connectivity index (χ1) is 34.9. The number of aromatic nitrogens is 4. The Morgan fingerprint density at radius 3 is 2.22 bits per heavy atom. The average molecular weight is 1010 g/mol. The molecule has 314 valence electrons. The number of aryl methyl sites for hydroxylation is 1. The van der Waals surface area contributed by atoms with Gasteiger partial charge in [-0.05, 0) is 74.3 Å². The molecule has 0 bridgehead atoms. The number of fused-ring (bicyclic) bond motifs is 4. The van der Waals surface area contributed by atoms with Gasteiger partial charge in [-0.3, -0.25) is 4.57 Å². The van der Waals surface area contributed by atoms with Crippen LogP contribution in [0.3, 0.4) is 0 Å². The minimum atomic E-state index is -2.78. The molecule has 10 aromatic rings. The van der Waals surface area contributed by atoms with Crippen LogP contribution in [-0.2, 0) is 31.9 Å². The van der Waals surface area contributed by atoms with Gasteiger partial charge in [-0.15, -0.1) is 29.7 Å². The molecule has 0 saturated heterocycles. The first-order valence-corrected chi connectivity index (χ1v) is 20.3. The number of imidazole rings is 1. The van der Waals surface area contributed by atoms with Gasteiger partial charge in [-0.1, -0.05) is 162 Å². The fourth-order valence-electron chi connectivity index (χ4n) is 7.92. The van der Waals surface area contributed by atoms with Crippen molar-refractivity contribution >= 4 is 32.8 Å². The van der Waals surface area contributed by atoms with Crippen molar-refractivity contribution in [1.29, 1.82) is 0 Å². The summed E-state index contributed by atoms with van der Waals surface area (Å²) in [5.74, 6) is 0.841. The molecular weight excluding hydrogens is 952 g/mol. The third-order valence-corrected chi connectivity index (χ3v) is 10.9. The Morgan fingerprint density at radius 2 is 1.43 bits per heavy atom. The standard InChI is InChI=1S/C57H48N4O.Pt/c1-38-32-54(58-36-48(38)39-18-9-8-10-19-39)61-50-27-12-11-24-46(50)47-31-30-44(35-53(47)61)62-43-23-16-22-42(34-43)59-37-60(52-29-14-13-28-51(52)59)55-45(25-17-26-49(55)57(5,6)7)40-20-15-21-41(33-40)56(2,3)4;/h8-33,36H,1-7H3;/q-2;/i1D3,8D,9D,10D,15D,18D,19D,20D,21D,33D;. The van der Waals surface area contributed by atoms with Crippen LogP contribution in [0.15, 0.2) is 164 Å². The summed E-state index contributed by atoms with van der Waals surface area (Å²) >= 11 is 0. The molecule has 3 heterocycles. The van der Waals surface area contributed by atoms with Crippen molar-refractivity contribution in [2.24, 2.45) is 0 Å². The van der Waals surface area contributed by atoms with Crippen molar-refractivity contribution in [2.75, 3.05) is 0 Å². The fraction of sp³-hybridized carbons (Fsp3) is 0.158. The first kappa shape index (κ1) is 29.7. The van der Waals surface area contributed by atoms with Crippen molar-refractivity contribution < 1.29 is 46.8 Å². The van der Waals surface area contributed by atoms with Crippen LogP contribution in [0.5, 0.6) is 11.5 Å². The smallest absolute Gasteiger partial charge is 0.268 e. The maximum Gasteiger partial charge on any atom is 0.268 e. The number of hydrogen-bond donors (Lipinski definition) is 0. The summed E-state index contributed by atoms with van der Waals surface area (Å²) < 4.78 is 116. The summed E-state index contributed by atoms with van der Waals surface area (Å²) in [6.45, 7) is 9.25. The van der Waals surface area contributed by atoms with Crippen LogP contribution in [0.2, 0.25) is 0 Å². The molecule has 0 atom stereocenters. The van der Waals surface area contributed by atoms with Crippen molar-refractivity contribution in [2.45, 2.75) is 59.2 Å². The number of benzene rings is 7. The van der Waals surface area contributed by atoms with E-state index in [0.717, 1.165) is 27.4 Å². The molecule has 0 amide bonds. The van der Waals surface area contributed by atoms with E-state index in [4.69, 9.17) is 18.4 Å². The Bertz CT molecular complexity index is 3930. The number of para-hydroxylation sites is 4. The van der Waals surface area contributed by atoms with Gasteiger partial charge in [0.1, 0.15) is 5.82 Å². The quantitative estimate of drug-likeness (QED) is 0.118. The van der Waals surface area contributed by atoms with Crippen LogP contribution in [0.1, 0.15) is 74.7 Å². The van der Waals surface area contributed by atoms with Gasteiger partial charge in [0, 0.05) is 54.0 Å². The molecule has 0 aliphatic rings. The SMILES string of the molecule is [2H]c1c([2H])c([2H])c(-c2cnc(-n3c4[c-]c(Oc5[c-]c(-n6[c-][n+](-c7c(-c8c([2H])c([2H])c([2H])c(C(C)(C)C)c8[2H])cccc7C(C)(C)C)c7ccccc76)ccc5)ccc4c4ccccc43)cc2C([2H])([2H])[2H])c([2H])c1[2H].[Pt]. The predicted octanol–water partition coefficient (Wildman–Crippen LogP) is 13.8. The van der Waals surface area contributed by atoms with Crippen molar-refractivity contribution in [1.82, 2.24) is 14.1 Å². The Labute approximate surface area is 401 Å². The van der Waals surface area contributed by atoms with E-state index in [1.54, 1.807) is 16.7 Å². The normalized spacial score (nSPS) is 14.8. The van der Waals surface area contributed by atoms with E-state index in [9.17, 15) is 2.74 Å². The van der Waals surface area contributed by atoms with Crippen LogP contribution in [0.25, 0.3) is 72.3 Å². The first-order valence-electron chi connectivity index (χ1n) is 26.3. The van der Waals surface area contributed by atoms with E-state index >= 15 is 0 Å². The van der Waals surface area contributed by atoms with E-state index in [1.165, 1.54) is 12.3 Å². The van der Waals surface area contributed by atoms with Gasteiger partial charge in [-0.25, -0.2) is 4.98 Å². The number of hydrogen-bond acceptors (Lipinski definition) is 2. The van der Waals surface area contributed by atoms with Gasteiger partial charge in [0.25, 0.3) is 6.33 Å². The third kappa shape index (κ3) is 7.70. The van der Waals surface area contributed by atoms with Crippen LogP contribution in [-0.4, -0.2) is 14.1 Å². The number of pyridine rings is 1. The summed E-state index contributed by atoms with van der Waals surface area (Å²) in [6, 6.07) is 35.1. The molecular formula is C57H48N4OPt-2. The zero-order valence-electron chi connectivity index (χ0n) is 47.4. The molecule has 0 aliphatic carbocycles. The summed E-state index contributed by atoms with van der Waals surface area (Å²) in [6.07, 6.45) is 4.83. The second-order valence-electron chi connectivity index (χ2n) is 17.2. The minimum Gasteiger partial charge on any atom is -0.510 e. The zero-order chi connectivity index (χ0) is 53.1. The van der Waals surface area contributed by atoms with Crippen LogP contribution < -0.4 is 9.30 Å². The van der Waals surface area contributed by atoms with Gasteiger partial charge in [0.15, 0.2) is 0 Å². The van der Waals surface area contributed by atoms with Gasteiger partial charge in [0.05, 0.1) is 29.1 Å². The molecule has 0 saturated carbocycles. The number of rotatable bonds is 7.